The van der Waals surface area contributed by atoms with Crippen molar-refractivity contribution >= 4 is 0 Å². The maximum absolute atomic E-state index is 5.87. The molecule has 1 heterocycles. The van der Waals surface area contributed by atoms with Crippen LogP contribution in [0, 0.1) is 0 Å². The largest absolute Gasteiger partial charge is 0.376 e. The van der Waals surface area contributed by atoms with Gasteiger partial charge < -0.3 is 10.5 Å². The Bertz CT molecular complexity index is 130. The number of hydrogen-bond acceptors (Lipinski definition) is 3. The van der Waals surface area contributed by atoms with Gasteiger partial charge in [-0.25, -0.2) is 0 Å². The molecule has 1 aliphatic rings. The van der Waals surface area contributed by atoms with Crippen molar-refractivity contribution in [2.24, 2.45) is 5.73 Å². The van der Waals surface area contributed by atoms with Gasteiger partial charge in [0.25, 0.3) is 0 Å². The molecule has 2 N–H and O–H groups in total. The Kier molecular flexibility index (Phi) is 3.98. The van der Waals surface area contributed by atoms with Crippen molar-refractivity contribution in [1.82, 2.24) is 4.90 Å². The second kappa shape index (κ2) is 4.80. The molecule has 1 saturated heterocycles. The van der Waals surface area contributed by atoms with Crippen LogP contribution in [0.25, 0.3) is 0 Å². The quantitative estimate of drug-likeness (QED) is 0.671. The van der Waals surface area contributed by atoms with Crippen LogP contribution >= 0.6 is 0 Å². The summed E-state index contributed by atoms with van der Waals surface area (Å²) < 4.78 is 5.44. The smallest absolute Gasteiger partial charge is 0.0674 e. The van der Waals surface area contributed by atoms with Gasteiger partial charge in [0.2, 0.25) is 0 Å². The third kappa shape index (κ3) is 3.09. The Hall–Kier alpha value is -0.120. The summed E-state index contributed by atoms with van der Waals surface area (Å²) in [4.78, 5) is 2.39. The van der Waals surface area contributed by atoms with Gasteiger partial charge in [-0.15, -0.1) is 0 Å². The summed E-state index contributed by atoms with van der Waals surface area (Å²) in [6.45, 7) is 8.20. The first-order valence-electron chi connectivity index (χ1n) is 4.82. The molecule has 0 spiro atoms. The van der Waals surface area contributed by atoms with Crippen molar-refractivity contribution in [2.75, 3.05) is 26.2 Å². The van der Waals surface area contributed by atoms with Crippen molar-refractivity contribution in [3.63, 3.8) is 0 Å². The van der Waals surface area contributed by atoms with Crippen LogP contribution in [0.1, 0.15) is 20.3 Å². The molecule has 0 radical (unpaired) electrons. The summed E-state index contributed by atoms with van der Waals surface area (Å²) in [6, 6.07) is 0.329. The molecular formula is C9H20N2O. The molecule has 1 rings (SSSR count). The summed E-state index contributed by atoms with van der Waals surface area (Å²) in [5.41, 5.74) is 5.87. The second-order valence-electron chi connectivity index (χ2n) is 3.61. The minimum absolute atomic E-state index is 0.329. The first-order chi connectivity index (χ1) is 5.72. The van der Waals surface area contributed by atoms with Crippen LogP contribution in [0.15, 0.2) is 0 Å². The highest BCUT2D eigenvalue weighted by Crippen LogP contribution is 2.04. The van der Waals surface area contributed by atoms with Crippen LogP contribution in [0.3, 0.4) is 0 Å². The van der Waals surface area contributed by atoms with E-state index in [9.17, 15) is 0 Å². The molecule has 3 nitrogen and oxygen atoms in total. The van der Waals surface area contributed by atoms with Crippen molar-refractivity contribution in [3.05, 3.63) is 0 Å². The predicted octanol–water partition coefficient (Wildman–Crippen LogP) is 0.444. The Labute approximate surface area is 74.9 Å². The van der Waals surface area contributed by atoms with Crippen molar-refractivity contribution in [2.45, 2.75) is 32.4 Å². The lowest BCUT2D eigenvalue weighted by Gasteiger charge is -2.32. The van der Waals surface area contributed by atoms with E-state index < -0.39 is 0 Å². The van der Waals surface area contributed by atoms with Crippen LogP contribution in [0.2, 0.25) is 0 Å². The fourth-order valence-corrected chi connectivity index (χ4v) is 1.52. The van der Waals surface area contributed by atoms with E-state index in [0.29, 0.717) is 12.1 Å². The van der Waals surface area contributed by atoms with Gasteiger partial charge >= 0.3 is 0 Å². The molecule has 0 aromatic carbocycles. The zero-order valence-electron chi connectivity index (χ0n) is 8.12. The number of morpholine rings is 1. The first kappa shape index (κ1) is 9.96. The standard InChI is InChI=1S/C9H20N2O/c1-3-9(10)7-11-4-5-12-8(2)6-11/h8-9H,3-7,10H2,1-2H3. The zero-order valence-corrected chi connectivity index (χ0v) is 8.12. The minimum atomic E-state index is 0.329. The van der Waals surface area contributed by atoms with E-state index in [1.165, 1.54) is 0 Å². The molecule has 3 heteroatoms. The monoisotopic (exact) mass is 172 g/mol. The van der Waals surface area contributed by atoms with E-state index >= 15 is 0 Å². The van der Waals surface area contributed by atoms with Gasteiger partial charge in [-0.1, -0.05) is 6.92 Å². The van der Waals surface area contributed by atoms with Crippen molar-refractivity contribution in [3.8, 4) is 0 Å². The van der Waals surface area contributed by atoms with Crippen molar-refractivity contribution in [1.29, 1.82) is 0 Å². The van der Waals surface area contributed by atoms with Crippen LogP contribution in [-0.2, 0) is 4.74 Å². The molecule has 1 fully saturated rings. The molecule has 12 heavy (non-hydrogen) atoms. The molecule has 72 valence electrons. The average molecular weight is 172 g/mol. The highest BCUT2D eigenvalue weighted by Gasteiger charge is 2.17. The molecule has 0 aromatic heterocycles. The summed E-state index contributed by atoms with van der Waals surface area (Å²) in [5, 5.41) is 0. The number of nitrogens with zero attached hydrogens (tertiary/aromatic N) is 1. The lowest BCUT2D eigenvalue weighted by atomic mass is 10.2. The summed E-state index contributed by atoms with van der Waals surface area (Å²) >= 11 is 0. The van der Waals surface area contributed by atoms with Gasteiger partial charge in [0.05, 0.1) is 12.7 Å². The normalized spacial score (nSPS) is 28.8. The van der Waals surface area contributed by atoms with Crippen LogP contribution < -0.4 is 5.73 Å². The number of ether oxygens (including phenoxy) is 1. The second-order valence-corrected chi connectivity index (χ2v) is 3.61. The predicted molar refractivity (Wildman–Crippen MR) is 50.1 cm³/mol. The third-order valence-electron chi connectivity index (χ3n) is 2.34. The van der Waals surface area contributed by atoms with E-state index in [1.54, 1.807) is 0 Å². The molecule has 2 unspecified atom stereocenters. The number of rotatable bonds is 3. The highest BCUT2D eigenvalue weighted by atomic mass is 16.5. The van der Waals surface area contributed by atoms with Crippen LogP contribution in [-0.4, -0.2) is 43.3 Å². The molecule has 1 aliphatic heterocycles. The van der Waals surface area contributed by atoms with Crippen molar-refractivity contribution < 1.29 is 4.74 Å². The fraction of sp³-hybridized carbons (Fsp3) is 1.00. The lowest BCUT2D eigenvalue weighted by Crippen LogP contribution is -2.46. The van der Waals surface area contributed by atoms with Gasteiger partial charge in [-0.2, -0.15) is 0 Å². The van der Waals surface area contributed by atoms with E-state index in [0.717, 1.165) is 32.7 Å². The third-order valence-corrected chi connectivity index (χ3v) is 2.34. The fourth-order valence-electron chi connectivity index (χ4n) is 1.52. The molecule has 0 saturated carbocycles. The van der Waals surface area contributed by atoms with Gasteiger partial charge in [-0.05, 0) is 13.3 Å². The van der Waals surface area contributed by atoms with E-state index in [-0.39, 0.29) is 0 Å². The molecular weight excluding hydrogens is 152 g/mol. The first-order valence-corrected chi connectivity index (χ1v) is 4.82. The Balaban J connectivity index is 2.22. The van der Waals surface area contributed by atoms with Crippen LogP contribution in [0.5, 0.6) is 0 Å². The Morgan fingerprint density at radius 3 is 3.00 bits per heavy atom. The van der Waals surface area contributed by atoms with Gasteiger partial charge in [-0.3, -0.25) is 4.90 Å². The molecule has 0 aliphatic carbocycles. The average Bonchev–Trinajstić information content (AvgIpc) is 2.04. The SMILES string of the molecule is CCC(N)CN1CCOC(C)C1. The van der Waals surface area contributed by atoms with E-state index in [2.05, 4.69) is 18.7 Å². The minimum Gasteiger partial charge on any atom is -0.376 e. The van der Waals surface area contributed by atoms with E-state index in [4.69, 9.17) is 10.5 Å². The number of nitrogens with two attached hydrogens (primary N) is 1. The van der Waals surface area contributed by atoms with E-state index in [1.807, 2.05) is 0 Å². The van der Waals surface area contributed by atoms with Gasteiger partial charge in [0, 0.05) is 25.7 Å². The maximum atomic E-state index is 5.87. The summed E-state index contributed by atoms with van der Waals surface area (Å²) in [6.07, 6.45) is 1.44. The molecule has 0 aromatic rings. The maximum Gasteiger partial charge on any atom is 0.0674 e. The molecule has 0 amide bonds. The summed E-state index contributed by atoms with van der Waals surface area (Å²) in [5.74, 6) is 0. The summed E-state index contributed by atoms with van der Waals surface area (Å²) in [7, 11) is 0. The van der Waals surface area contributed by atoms with Gasteiger partial charge in [0.1, 0.15) is 0 Å². The zero-order chi connectivity index (χ0) is 8.97. The van der Waals surface area contributed by atoms with Gasteiger partial charge in [0.15, 0.2) is 0 Å². The lowest BCUT2D eigenvalue weighted by molar-refractivity contribution is -0.0199. The molecule has 0 bridgehead atoms. The Morgan fingerprint density at radius 1 is 1.67 bits per heavy atom. The molecule has 2 atom stereocenters. The van der Waals surface area contributed by atoms with Crippen LogP contribution in [0.4, 0.5) is 0 Å². The Morgan fingerprint density at radius 2 is 2.42 bits per heavy atom. The number of hydrogen-bond donors (Lipinski definition) is 1. The highest BCUT2D eigenvalue weighted by molar-refractivity contribution is 4.72. The topological polar surface area (TPSA) is 38.5 Å².